The van der Waals surface area contributed by atoms with Crippen LogP contribution in [0.2, 0.25) is 0 Å². The van der Waals surface area contributed by atoms with Crippen LogP contribution in [0, 0.1) is 23.2 Å². The van der Waals surface area contributed by atoms with Gasteiger partial charge in [0.1, 0.15) is 5.54 Å². The van der Waals surface area contributed by atoms with Gasteiger partial charge < -0.3 is 0 Å². The van der Waals surface area contributed by atoms with Crippen molar-refractivity contribution in [3.05, 3.63) is 0 Å². The molecule has 0 aromatic heterocycles. The molecule has 0 aromatic carbocycles. The number of carbonyl (C=O) groups is 2. The van der Waals surface area contributed by atoms with Crippen LogP contribution in [-0.4, -0.2) is 22.3 Å². The van der Waals surface area contributed by atoms with Crippen molar-refractivity contribution in [1.82, 2.24) is 4.90 Å². The molecule has 0 N–H and O–H groups in total. The second-order valence-corrected chi connectivity index (χ2v) is 6.00. The molecule has 2 atom stereocenters. The van der Waals surface area contributed by atoms with Crippen molar-refractivity contribution >= 4 is 11.8 Å². The smallest absolute Gasteiger partial charge is 0.234 e. The van der Waals surface area contributed by atoms with Crippen molar-refractivity contribution in [2.45, 2.75) is 64.3 Å². The fourth-order valence-corrected chi connectivity index (χ4v) is 3.24. The molecule has 2 amide bonds. The first kappa shape index (κ1) is 14.0. The lowest BCUT2D eigenvalue weighted by atomic mass is 9.83. The first-order chi connectivity index (χ1) is 9.03. The van der Waals surface area contributed by atoms with Gasteiger partial charge in [0.2, 0.25) is 11.8 Å². The van der Waals surface area contributed by atoms with Crippen molar-refractivity contribution in [2.75, 3.05) is 0 Å². The van der Waals surface area contributed by atoms with Crippen LogP contribution in [0.5, 0.6) is 0 Å². The van der Waals surface area contributed by atoms with Crippen LogP contribution in [0.15, 0.2) is 0 Å². The van der Waals surface area contributed by atoms with Gasteiger partial charge in [0, 0.05) is 11.8 Å². The van der Waals surface area contributed by atoms with Crippen LogP contribution in [0.1, 0.15) is 58.8 Å². The maximum absolute atomic E-state index is 12.3. The first-order valence-electron chi connectivity index (χ1n) is 7.33. The van der Waals surface area contributed by atoms with Crippen molar-refractivity contribution in [3.63, 3.8) is 0 Å². The molecule has 2 aliphatic rings. The lowest BCUT2D eigenvalue weighted by molar-refractivity contribution is -0.145. The third-order valence-electron chi connectivity index (χ3n) is 4.79. The van der Waals surface area contributed by atoms with E-state index in [9.17, 15) is 14.9 Å². The fourth-order valence-electron chi connectivity index (χ4n) is 3.24. The monoisotopic (exact) mass is 262 g/mol. The van der Waals surface area contributed by atoms with Gasteiger partial charge in [-0.25, -0.2) is 0 Å². The van der Waals surface area contributed by atoms with E-state index < -0.39 is 5.54 Å². The Morgan fingerprint density at radius 1 is 1.00 bits per heavy atom. The van der Waals surface area contributed by atoms with Crippen LogP contribution >= 0.6 is 0 Å². The molecular formula is C15H22N2O2. The van der Waals surface area contributed by atoms with Gasteiger partial charge in [-0.3, -0.25) is 14.5 Å². The van der Waals surface area contributed by atoms with Gasteiger partial charge >= 0.3 is 0 Å². The molecule has 1 saturated heterocycles. The molecule has 2 fully saturated rings. The standard InChI is InChI=1S/C15H22N2O2/c1-11-12(2)14(19)17(13(11)18)15(10-16)8-6-4-3-5-7-9-15/h11-12H,3-9H2,1-2H3. The molecule has 0 bridgehead atoms. The summed E-state index contributed by atoms with van der Waals surface area (Å²) in [4.78, 5) is 26.0. The molecule has 2 unspecified atom stereocenters. The molecule has 0 radical (unpaired) electrons. The molecule has 1 heterocycles. The number of rotatable bonds is 1. The number of nitrogens with zero attached hydrogens (tertiary/aromatic N) is 2. The third-order valence-corrected chi connectivity index (χ3v) is 4.79. The topological polar surface area (TPSA) is 61.2 Å². The Balaban J connectivity index is 2.32. The van der Waals surface area contributed by atoms with E-state index >= 15 is 0 Å². The summed E-state index contributed by atoms with van der Waals surface area (Å²) in [5.41, 5.74) is -0.881. The summed E-state index contributed by atoms with van der Waals surface area (Å²) in [6, 6.07) is 2.31. The molecule has 0 aromatic rings. The summed E-state index contributed by atoms with van der Waals surface area (Å²) >= 11 is 0. The average molecular weight is 262 g/mol. The zero-order valence-corrected chi connectivity index (χ0v) is 11.8. The van der Waals surface area contributed by atoms with Crippen LogP contribution in [-0.2, 0) is 9.59 Å². The molecule has 1 aliphatic heterocycles. The molecular weight excluding hydrogens is 240 g/mol. The van der Waals surface area contributed by atoms with Crippen molar-refractivity contribution < 1.29 is 9.59 Å². The molecule has 1 saturated carbocycles. The molecule has 0 spiro atoms. The Bertz CT molecular complexity index is 396. The second-order valence-electron chi connectivity index (χ2n) is 6.00. The first-order valence-corrected chi connectivity index (χ1v) is 7.33. The minimum Gasteiger partial charge on any atom is -0.274 e. The normalized spacial score (nSPS) is 31.7. The highest BCUT2D eigenvalue weighted by molar-refractivity contribution is 6.05. The van der Waals surface area contributed by atoms with E-state index in [0.29, 0.717) is 12.8 Å². The SMILES string of the molecule is CC1C(=O)N(C2(C#N)CCCCCCC2)C(=O)C1C. The van der Waals surface area contributed by atoms with Crippen LogP contribution in [0.3, 0.4) is 0 Å². The van der Waals surface area contributed by atoms with E-state index in [4.69, 9.17) is 0 Å². The molecule has 19 heavy (non-hydrogen) atoms. The van der Waals surface area contributed by atoms with E-state index in [1.54, 1.807) is 13.8 Å². The third kappa shape index (κ3) is 2.27. The van der Waals surface area contributed by atoms with E-state index in [0.717, 1.165) is 25.7 Å². The van der Waals surface area contributed by atoms with Crippen molar-refractivity contribution in [3.8, 4) is 6.07 Å². The highest BCUT2D eigenvalue weighted by Crippen LogP contribution is 2.38. The minimum atomic E-state index is -0.881. The van der Waals surface area contributed by atoms with Gasteiger partial charge in [0.15, 0.2) is 0 Å². The van der Waals surface area contributed by atoms with Crippen LogP contribution in [0.25, 0.3) is 0 Å². The summed E-state index contributed by atoms with van der Waals surface area (Å²) in [7, 11) is 0. The Labute approximate surface area is 114 Å². The number of imide groups is 1. The van der Waals surface area contributed by atoms with E-state index in [1.165, 1.54) is 11.3 Å². The van der Waals surface area contributed by atoms with E-state index in [2.05, 4.69) is 6.07 Å². The van der Waals surface area contributed by atoms with Crippen molar-refractivity contribution in [2.24, 2.45) is 11.8 Å². The average Bonchev–Trinajstić information content (AvgIpc) is 2.56. The quantitative estimate of drug-likeness (QED) is 0.682. The van der Waals surface area contributed by atoms with Gasteiger partial charge in [0.25, 0.3) is 0 Å². The van der Waals surface area contributed by atoms with Gasteiger partial charge in [0.05, 0.1) is 6.07 Å². The predicted octanol–water partition coefficient (Wildman–Crippen LogP) is 2.63. The number of carbonyl (C=O) groups excluding carboxylic acids is 2. The molecule has 4 nitrogen and oxygen atoms in total. The Morgan fingerprint density at radius 2 is 1.42 bits per heavy atom. The largest absolute Gasteiger partial charge is 0.274 e. The van der Waals surface area contributed by atoms with Gasteiger partial charge in [-0.1, -0.05) is 46.0 Å². The van der Waals surface area contributed by atoms with E-state index in [-0.39, 0.29) is 23.7 Å². The zero-order chi connectivity index (χ0) is 14.0. The van der Waals surface area contributed by atoms with Gasteiger partial charge in [-0.15, -0.1) is 0 Å². The maximum atomic E-state index is 12.3. The predicted molar refractivity (Wildman–Crippen MR) is 70.8 cm³/mol. The Kier molecular flexibility index (Phi) is 3.93. The lowest BCUT2D eigenvalue weighted by Gasteiger charge is -2.36. The molecule has 2 rings (SSSR count). The highest BCUT2D eigenvalue weighted by Gasteiger charge is 2.52. The zero-order valence-electron chi connectivity index (χ0n) is 11.8. The number of hydrogen-bond acceptors (Lipinski definition) is 3. The minimum absolute atomic E-state index is 0.153. The highest BCUT2D eigenvalue weighted by atomic mass is 16.2. The fraction of sp³-hybridized carbons (Fsp3) is 0.800. The summed E-state index contributed by atoms with van der Waals surface area (Å²) < 4.78 is 0. The van der Waals surface area contributed by atoms with Crippen LogP contribution < -0.4 is 0 Å². The Hall–Kier alpha value is -1.37. The summed E-state index contributed by atoms with van der Waals surface area (Å²) in [6.45, 7) is 3.58. The van der Waals surface area contributed by atoms with E-state index in [1.807, 2.05) is 0 Å². The molecule has 1 aliphatic carbocycles. The number of likely N-dealkylation sites (tertiary alicyclic amines) is 1. The Morgan fingerprint density at radius 3 is 1.84 bits per heavy atom. The van der Waals surface area contributed by atoms with Gasteiger partial charge in [-0.2, -0.15) is 5.26 Å². The van der Waals surface area contributed by atoms with Crippen LogP contribution in [0.4, 0.5) is 0 Å². The van der Waals surface area contributed by atoms with Crippen molar-refractivity contribution in [1.29, 1.82) is 5.26 Å². The van der Waals surface area contributed by atoms with Gasteiger partial charge in [-0.05, 0) is 12.8 Å². The summed E-state index contributed by atoms with van der Waals surface area (Å²) in [5, 5.41) is 9.63. The maximum Gasteiger partial charge on any atom is 0.234 e. The summed E-state index contributed by atoms with van der Waals surface area (Å²) in [6.07, 6.45) is 6.49. The molecule has 4 heteroatoms. The lowest BCUT2D eigenvalue weighted by Crippen LogP contribution is -2.51. The molecule has 104 valence electrons. The number of amides is 2. The summed E-state index contributed by atoms with van der Waals surface area (Å²) in [5.74, 6) is -0.884. The number of hydrogen-bond donors (Lipinski definition) is 0. The second kappa shape index (κ2) is 5.32. The number of nitriles is 1.